The zero-order valence-electron chi connectivity index (χ0n) is 17.0. The highest BCUT2D eigenvalue weighted by Crippen LogP contribution is 2.15. The van der Waals surface area contributed by atoms with Crippen molar-refractivity contribution in [1.82, 2.24) is 15.5 Å². The van der Waals surface area contributed by atoms with Crippen LogP contribution in [0.4, 0.5) is 0 Å². The molecule has 0 aliphatic carbocycles. The van der Waals surface area contributed by atoms with Crippen molar-refractivity contribution >= 4 is 35.8 Å². The molecule has 0 bridgehead atoms. The van der Waals surface area contributed by atoms with Crippen molar-refractivity contribution in [3.63, 3.8) is 0 Å². The van der Waals surface area contributed by atoms with E-state index in [0.717, 1.165) is 32.0 Å². The highest BCUT2D eigenvalue weighted by atomic mass is 127. The fraction of sp³-hybridized carbons (Fsp3) is 0.619. The summed E-state index contributed by atoms with van der Waals surface area (Å²) in [7, 11) is 0. The van der Waals surface area contributed by atoms with Crippen molar-refractivity contribution in [1.29, 1.82) is 0 Å². The zero-order chi connectivity index (χ0) is 18.8. The average Bonchev–Trinajstić information content (AvgIpc) is 3.05. The van der Waals surface area contributed by atoms with Gasteiger partial charge in [-0.3, -0.25) is 4.79 Å². The van der Waals surface area contributed by atoms with Crippen molar-refractivity contribution in [3.05, 3.63) is 35.4 Å². The number of rotatable bonds is 9. The third-order valence-electron chi connectivity index (χ3n) is 5.01. The molecule has 0 unspecified atom stereocenters. The van der Waals surface area contributed by atoms with Crippen molar-refractivity contribution in [3.8, 4) is 0 Å². The van der Waals surface area contributed by atoms with Crippen LogP contribution in [0.1, 0.15) is 57.6 Å². The summed E-state index contributed by atoms with van der Waals surface area (Å²) in [6.07, 6.45) is 4.04. The van der Waals surface area contributed by atoms with Crippen LogP contribution in [0.2, 0.25) is 0 Å². The summed E-state index contributed by atoms with van der Waals surface area (Å²) in [6.45, 7) is 10.6. The van der Waals surface area contributed by atoms with Gasteiger partial charge in [0.25, 0.3) is 0 Å². The zero-order valence-corrected chi connectivity index (χ0v) is 19.3. The molecule has 1 heterocycles. The van der Waals surface area contributed by atoms with E-state index < -0.39 is 0 Å². The van der Waals surface area contributed by atoms with Gasteiger partial charge in [-0.25, -0.2) is 4.99 Å². The van der Waals surface area contributed by atoms with Crippen LogP contribution < -0.4 is 10.6 Å². The second kappa shape index (κ2) is 13.0. The van der Waals surface area contributed by atoms with Crippen molar-refractivity contribution in [2.45, 2.75) is 59.5 Å². The fourth-order valence-corrected chi connectivity index (χ4v) is 3.25. The van der Waals surface area contributed by atoms with Gasteiger partial charge >= 0.3 is 0 Å². The first-order valence-corrected chi connectivity index (χ1v) is 10.0. The first-order chi connectivity index (χ1) is 12.7. The van der Waals surface area contributed by atoms with E-state index in [4.69, 9.17) is 4.99 Å². The van der Waals surface area contributed by atoms with E-state index in [1.807, 2.05) is 4.90 Å². The Morgan fingerprint density at radius 2 is 1.93 bits per heavy atom. The summed E-state index contributed by atoms with van der Waals surface area (Å²) in [5.41, 5.74) is 2.36. The number of guanidine groups is 1. The van der Waals surface area contributed by atoms with Crippen LogP contribution in [0, 0.1) is 5.92 Å². The summed E-state index contributed by atoms with van der Waals surface area (Å²) in [5.74, 6) is 1.83. The molecule has 1 saturated heterocycles. The van der Waals surface area contributed by atoms with E-state index in [1.54, 1.807) is 0 Å². The summed E-state index contributed by atoms with van der Waals surface area (Å²) in [6, 6.07) is 8.42. The van der Waals surface area contributed by atoms with Crippen molar-refractivity contribution in [2.24, 2.45) is 10.9 Å². The van der Waals surface area contributed by atoms with Gasteiger partial charge in [-0.2, -0.15) is 0 Å². The molecule has 6 heteroatoms. The topological polar surface area (TPSA) is 56.7 Å². The van der Waals surface area contributed by atoms with E-state index in [-0.39, 0.29) is 29.9 Å². The smallest absolute Gasteiger partial charge is 0.222 e. The summed E-state index contributed by atoms with van der Waals surface area (Å²) in [5, 5.41) is 6.78. The lowest BCUT2D eigenvalue weighted by molar-refractivity contribution is -0.128. The molecule has 0 spiro atoms. The maximum atomic E-state index is 11.8. The van der Waals surface area contributed by atoms with Crippen LogP contribution in [-0.4, -0.2) is 36.4 Å². The molecular weight excluding hydrogens is 451 g/mol. The number of carbonyl (C=O) groups is 1. The number of amides is 1. The average molecular weight is 486 g/mol. The molecule has 0 radical (unpaired) electrons. The van der Waals surface area contributed by atoms with Gasteiger partial charge in [-0.05, 0) is 30.4 Å². The quantitative estimate of drug-likeness (QED) is 0.316. The van der Waals surface area contributed by atoms with Gasteiger partial charge in [0.1, 0.15) is 0 Å². The lowest BCUT2D eigenvalue weighted by Crippen LogP contribution is -2.39. The maximum absolute atomic E-state index is 11.8. The third-order valence-corrected chi connectivity index (χ3v) is 5.01. The first kappa shape index (κ1) is 23.7. The van der Waals surface area contributed by atoms with Crippen LogP contribution >= 0.6 is 24.0 Å². The molecule has 152 valence electrons. The molecular formula is C21H35IN4O. The van der Waals surface area contributed by atoms with E-state index in [0.29, 0.717) is 25.4 Å². The second-order valence-electron chi connectivity index (χ2n) is 7.00. The summed E-state index contributed by atoms with van der Waals surface area (Å²) < 4.78 is 0. The lowest BCUT2D eigenvalue weighted by Gasteiger charge is -2.17. The SMILES string of the molecule is CCNC(=NCc1cccc(CN2CCCC2=O)c1)NCC(CC)CC.I. The Labute approximate surface area is 181 Å². The van der Waals surface area contributed by atoms with E-state index in [9.17, 15) is 4.79 Å². The Bertz CT molecular complexity index is 602. The van der Waals surface area contributed by atoms with Gasteiger partial charge in [0.2, 0.25) is 5.91 Å². The number of carbonyl (C=O) groups excluding carboxylic acids is 1. The normalized spacial score (nSPS) is 14.4. The monoisotopic (exact) mass is 486 g/mol. The number of likely N-dealkylation sites (tertiary alicyclic amines) is 1. The Morgan fingerprint density at radius 3 is 2.56 bits per heavy atom. The molecule has 27 heavy (non-hydrogen) atoms. The molecule has 1 aliphatic rings. The highest BCUT2D eigenvalue weighted by molar-refractivity contribution is 14.0. The predicted octanol–water partition coefficient (Wildman–Crippen LogP) is 3.92. The first-order valence-electron chi connectivity index (χ1n) is 10.0. The van der Waals surface area contributed by atoms with Gasteiger partial charge in [0, 0.05) is 32.6 Å². The Morgan fingerprint density at radius 1 is 1.19 bits per heavy atom. The minimum Gasteiger partial charge on any atom is -0.357 e. The Hall–Kier alpha value is -1.31. The Kier molecular flexibility index (Phi) is 11.4. The molecule has 2 N–H and O–H groups in total. The Balaban J connectivity index is 0.00000364. The summed E-state index contributed by atoms with van der Waals surface area (Å²) >= 11 is 0. The van der Waals surface area contributed by atoms with Gasteiger partial charge in [-0.1, -0.05) is 51.0 Å². The number of nitrogens with zero attached hydrogens (tertiary/aromatic N) is 2. The maximum Gasteiger partial charge on any atom is 0.222 e. The van der Waals surface area contributed by atoms with E-state index in [1.165, 1.54) is 24.0 Å². The van der Waals surface area contributed by atoms with Crippen molar-refractivity contribution in [2.75, 3.05) is 19.6 Å². The molecule has 5 nitrogen and oxygen atoms in total. The molecule has 2 rings (SSSR count). The minimum atomic E-state index is 0. The number of halogens is 1. The largest absolute Gasteiger partial charge is 0.357 e. The molecule has 1 amide bonds. The van der Waals surface area contributed by atoms with E-state index >= 15 is 0 Å². The van der Waals surface area contributed by atoms with Gasteiger partial charge < -0.3 is 15.5 Å². The number of aliphatic imine (C=N–C) groups is 1. The number of hydrogen-bond donors (Lipinski definition) is 2. The highest BCUT2D eigenvalue weighted by Gasteiger charge is 2.19. The summed E-state index contributed by atoms with van der Waals surface area (Å²) in [4.78, 5) is 18.5. The standard InChI is InChI=1S/C21H34N4O.HI/c1-4-17(5-2)14-23-21(22-6-3)24-15-18-9-7-10-19(13-18)16-25-12-8-11-20(25)26;/h7,9-10,13,17H,4-6,8,11-12,14-16H2,1-3H3,(H2,22,23,24);1H. The molecule has 1 aromatic carbocycles. The molecule has 0 aromatic heterocycles. The molecule has 1 fully saturated rings. The van der Waals surface area contributed by atoms with Gasteiger partial charge in [-0.15, -0.1) is 24.0 Å². The van der Waals surface area contributed by atoms with Crippen LogP contribution in [0.25, 0.3) is 0 Å². The number of nitrogens with one attached hydrogen (secondary N) is 2. The van der Waals surface area contributed by atoms with Crippen molar-refractivity contribution < 1.29 is 4.79 Å². The molecule has 0 atom stereocenters. The minimum absolute atomic E-state index is 0. The van der Waals surface area contributed by atoms with Crippen LogP contribution in [-0.2, 0) is 17.9 Å². The lowest BCUT2D eigenvalue weighted by atomic mass is 10.0. The van der Waals surface area contributed by atoms with Gasteiger partial charge in [0.05, 0.1) is 6.54 Å². The van der Waals surface area contributed by atoms with E-state index in [2.05, 4.69) is 55.7 Å². The fourth-order valence-electron chi connectivity index (χ4n) is 3.25. The molecule has 1 aliphatic heterocycles. The van der Waals surface area contributed by atoms with Crippen LogP contribution in [0.5, 0.6) is 0 Å². The van der Waals surface area contributed by atoms with Crippen LogP contribution in [0.3, 0.4) is 0 Å². The number of benzene rings is 1. The van der Waals surface area contributed by atoms with Gasteiger partial charge in [0.15, 0.2) is 5.96 Å². The third kappa shape index (κ3) is 8.07. The molecule has 0 saturated carbocycles. The molecule has 1 aromatic rings. The predicted molar refractivity (Wildman–Crippen MR) is 123 cm³/mol. The second-order valence-corrected chi connectivity index (χ2v) is 7.00. The number of hydrogen-bond acceptors (Lipinski definition) is 2. The van der Waals surface area contributed by atoms with Crippen LogP contribution in [0.15, 0.2) is 29.3 Å².